The number of hydrogen-bond donors (Lipinski definition) is 0. The van der Waals surface area contributed by atoms with Crippen LogP contribution in [0.2, 0.25) is 0 Å². The second-order valence-electron chi connectivity index (χ2n) is 4.16. The van der Waals surface area contributed by atoms with Crippen molar-refractivity contribution in [3.8, 4) is 5.69 Å². The first-order valence-electron chi connectivity index (χ1n) is 5.68. The third-order valence-corrected chi connectivity index (χ3v) is 3.22. The second kappa shape index (κ2) is 3.50. The zero-order valence-corrected chi connectivity index (χ0v) is 9.70. The summed E-state index contributed by atoms with van der Waals surface area (Å²) in [5, 5.41) is 6.79. The summed E-state index contributed by atoms with van der Waals surface area (Å²) >= 11 is 0. The van der Waals surface area contributed by atoms with Crippen molar-refractivity contribution in [3.05, 3.63) is 52.8 Å². The number of hydrazine groups is 1. The maximum absolute atomic E-state index is 8.62. The summed E-state index contributed by atoms with van der Waals surface area (Å²) in [6.07, 6.45) is 4.75. The molecule has 0 amide bonds. The summed E-state index contributed by atoms with van der Waals surface area (Å²) in [5.41, 5.74) is 10.7. The Kier molecular flexibility index (Phi) is 1.84. The number of imidazole rings is 1. The molecule has 0 saturated carbocycles. The van der Waals surface area contributed by atoms with Gasteiger partial charge in [0, 0.05) is 10.8 Å². The van der Waals surface area contributed by atoms with Gasteiger partial charge in [-0.3, -0.25) is 4.57 Å². The van der Waals surface area contributed by atoms with Crippen LogP contribution in [0.4, 0.5) is 5.82 Å². The first kappa shape index (κ1) is 9.98. The minimum Gasteiger partial charge on any atom is -0.282 e. The fraction of sp³-hybridized carbons (Fsp3) is 0.0909. The molecule has 1 unspecified atom stereocenters. The Morgan fingerprint density at radius 3 is 3.11 bits per heavy atom. The van der Waals surface area contributed by atoms with E-state index in [1.165, 1.54) is 11.5 Å². The topological polar surface area (TPSA) is 85.4 Å². The normalized spacial score (nSPS) is 18.6. The highest BCUT2D eigenvalue weighted by Crippen LogP contribution is 2.41. The first-order valence-corrected chi connectivity index (χ1v) is 5.68. The van der Waals surface area contributed by atoms with Crippen LogP contribution in [-0.2, 0) is 0 Å². The number of aromatic nitrogens is 2. The van der Waals surface area contributed by atoms with Crippen molar-refractivity contribution < 1.29 is 0 Å². The molecule has 0 spiro atoms. The molecule has 2 aromatic rings. The van der Waals surface area contributed by atoms with Crippen LogP contribution in [-0.4, -0.2) is 21.0 Å². The number of anilines is 1. The molecule has 1 aromatic heterocycles. The molecule has 0 fully saturated rings. The van der Waals surface area contributed by atoms with Crippen LogP contribution in [0.1, 0.15) is 11.7 Å². The van der Waals surface area contributed by atoms with Crippen molar-refractivity contribution in [1.29, 1.82) is 0 Å². The molecule has 2 aliphatic heterocycles. The lowest BCUT2D eigenvalue weighted by molar-refractivity contribution is 0.387. The molecular weight excluding hydrogens is 244 g/mol. The molecule has 0 bridgehead atoms. The number of rotatable bonds is 1. The van der Waals surface area contributed by atoms with Gasteiger partial charge in [0.05, 0.1) is 11.9 Å². The monoisotopic (exact) mass is 252 g/mol. The summed E-state index contributed by atoms with van der Waals surface area (Å²) in [4.78, 5) is 11.4. The van der Waals surface area contributed by atoms with Crippen molar-refractivity contribution in [2.24, 2.45) is 10.2 Å². The molecule has 1 aromatic carbocycles. The molecule has 92 valence electrons. The van der Waals surface area contributed by atoms with Crippen LogP contribution < -0.4 is 5.01 Å². The van der Waals surface area contributed by atoms with Crippen LogP contribution >= 0.6 is 0 Å². The molecule has 0 aliphatic carbocycles. The molecule has 2 aliphatic rings. The van der Waals surface area contributed by atoms with E-state index in [0.29, 0.717) is 0 Å². The highest BCUT2D eigenvalue weighted by molar-refractivity contribution is 5.69. The number of hydrogen-bond acceptors (Lipinski definition) is 4. The van der Waals surface area contributed by atoms with Gasteiger partial charge in [0.25, 0.3) is 0 Å². The van der Waals surface area contributed by atoms with E-state index in [4.69, 9.17) is 5.53 Å². The lowest BCUT2D eigenvalue weighted by Gasteiger charge is -2.31. The predicted molar refractivity (Wildman–Crippen MR) is 68.3 cm³/mol. The molecule has 8 nitrogen and oxygen atoms in total. The molecule has 0 N–H and O–H groups in total. The standard InChI is InChI=1S/C11H8N8/c12-15-16-18-7-14-11-8-3-1-2-4-9(8)17-6-13-5-10(17)19(11)18/h1-7,11H. The molecular formula is C11H8N8. The molecule has 1 atom stereocenters. The van der Waals surface area contributed by atoms with Crippen LogP contribution in [0.15, 0.2) is 47.0 Å². The van der Waals surface area contributed by atoms with E-state index in [0.717, 1.165) is 17.1 Å². The number of aliphatic imine (C=N–C) groups is 1. The molecule has 19 heavy (non-hydrogen) atoms. The SMILES string of the molecule is [N-]=[N+]=NN1C=NC2c3ccccc3-n3cncc3N21. The predicted octanol–water partition coefficient (Wildman–Crippen LogP) is 2.18. The van der Waals surface area contributed by atoms with Gasteiger partial charge in [0.1, 0.15) is 6.33 Å². The van der Waals surface area contributed by atoms with E-state index < -0.39 is 0 Å². The summed E-state index contributed by atoms with van der Waals surface area (Å²) in [5.74, 6) is 0.814. The third-order valence-electron chi connectivity index (χ3n) is 3.22. The Morgan fingerprint density at radius 1 is 1.32 bits per heavy atom. The molecule has 8 heteroatoms. The van der Waals surface area contributed by atoms with Gasteiger partial charge in [-0.25, -0.2) is 9.98 Å². The Labute approximate surface area is 107 Å². The van der Waals surface area contributed by atoms with E-state index in [1.54, 1.807) is 17.5 Å². The summed E-state index contributed by atoms with van der Waals surface area (Å²) < 4.78 is 1.94. The Hall–Kier alpha value is -2.99. The second-order valence-corrected chi connectivity index (χ2v) is 4.16. The fourth-order valence-corrected chi connectivity index (χ4v) is 2.47. The quantitative estimate of drug-likeness (QED) is 0.443. The van der Waals surface area contributed by atoms with Crippen LogP contribution in [0.3, 0.4) is 0 Å². The number of nitrogens with zero attached hydrogens (tertiary/aromatic N) is 8. The average Bonchev–Trinajstić information content (AvgIpc) is 3.05. The van der Waals surface area contributed by atoms with E-state index in [2.05, 4.69) is 20.1 Å². The Bertz CT molecular complexity index is 726. The third kappa shape index (κ3) is 1.20. The van der Waals surface area contributed by atoms with Gasteiger partial charge >= 0.3 is 0 Å². The lowest BCUT2D eigenvalue weighted by Crippen LogP contribution is -2.38. The summed E-state index contributed by atoms with van der Waals surface area (Å²) in [6.45, 7) is 0. The van der Waals surface area contributed by atoms with Gasteiger partial charge in [-0.15, -0.1) is 5.53 Å². The highest BCUT2D eigenvalue weighted by atomic mass is 15.9. The van der Waals surface area contributed by atoms with E-state index in [1.807, 2.05) is 28.8 Å². The maximum atomic E-state index is 8.62. The van der Waals surface area contributed by atoms with Gasteiger partial charge in [-0.2, -0.15) is 9.92 Å². The number of fused-ring (bicyclic) bond motifs is 6. The minimum atomic E-state index is -0.217. The largest absolute Gasteiger partial charge is 0.282 e. The van der Waals surface area contributed by atoms with E-state index >= 15 is 0 Å². The number of azide groups is 1. The Balaban J connectivity index is 1.97. The van der Waals surface area contributed by atoms with Crippen molar-refractivity contribution >= 4 is 12.2 Å². The van der Waals surface area contributed by atoms with Gasteiger partial charge in [-0.05, 0) is 6.07 Å². The highest BCUT2D eigenvalue weighted by Gasteiger charge is 2.40. The van der Waals surface area contributed by atoms with Crippen molar-refractivity contribution in [1.82, 2.24) is 14.7 Å². The van der Waals surface area contributed by atoms with Crippen LogP contribution in [0.5, 0.6) is 0 Å². The molecule has 3 heterocycles. The van der Waals surface area contributed by atoms with Gasteiger partial charge < -0.3 is 0 Å². The Morgan fingerprint density at radius 2 is 2.21 bits per heavy atom. The van der Waals surface area contributed by atoms with Crippen molar-refractivity contribution in [2.75, 3.05) is 5.01 Å². The zero-order chi connectivity index (χ0) is 12.8. The van der Waals surface area contributed by atoms with Crippen LogP contribution in [0.25, 0.3) is 16.1 Å². The van der Waals surface area contributed by atoms with Gasteiger partial charge in [0.15, 0.2) is 12.0 Å². The minimum absolute atomic E-state index is 0.217. The molecule has 0 saturated heterocycles. The van der Waals surface area contributed by atoms with E-state index in [-0.39, 0.29) is 6.17 Å². The maximum Gasteiger partial charge on any atom is 0.210 e. The van der Waals surface area contributed by atoms with Crippen molar-refractivity contribution in [2.45, 2.75) is 6.17 Å². The zero-order valence-electron chi connectivity index (χ0n) is 9.70. The average molecular weight is 252 g/mol. The number of benzene rings is 1. The van der Waals surface area contributed by atoms with Crippen molar-refractivity contribution in [3.63, 3.8) is 0 Å². The van der Waals surface area contributed by atoms with Gasteiger partial charge in [0.2, 0.25) is 6.34 Å². The first-order chi connectivity index (χ1) is 9.40. The van der Waals surface area contributed by atoms with E-state index in [9.17, 15) is 0 Å². The summed E-state index contributed by atoms with van der Waals surface area (Å²) in [6, 6.07) is 7.96. The summed E-state index contributed by atoms with van der Waals surface area (Å²) in [7, 11) is 0. The lowest BCUT2D eigenvalue weighted by atomic mass is 10.1. The van der Waals surface area contributed by atoms with Crippen LogP contribution in [0, 0.1) is 0 Å². The number of para-hydroxylation sites is 1. The smallest absolute Gasteiger partial charge is 0.210 e. The molecule has 4 rings (SSSR count). The fourth-order valence-electron chi connectivity index (χ4n) is 2.47. The van der Waals surface area contributed by atoms with Gasteiger partial charge in [-0.1, -0.05) is 23.3 Å². The molecule has 0 radical (unpaired) electrons.